The minimum absolute atomic E-state index is 0.123. The summed E-state index contributed by atoms with van der Waals surface area (Å²) in [6.07, 6.45) is 2.39. The first-order valence-corrected chi connectivity index (χ1v) is 8.27. The molecule has 0 fully saturated rings. The fourth-order valence-electron chi connectivity index (χ4n) is 2.47. The first kappa shape index (κ1) is 18.1. The summed E-state index contributed by atoms with van der Waals surface area (Å²) in [5.74, 6) is -0.457. The van der Waals surface area contributed by atoms with E-state index in [0.717, 1.165) is 12.1 Å². The molecule has 2 rings (SSSR count). The van der Waals surface area contributed by atoms with E-state index in [4.69, 9.17) is 0 Å². The van der Waals surface area contributed by atoms with Gasteiger partial charge in [-0.3, -0.25) is 4.79 Å². The number of hydrogen-bond acceptors (Lipinski definition) is 3. The standard InChI is InChI=1S/C18H24FN3O2/c1-4-12(3)17(23)11-20-18(24)15-10-21-22(16(15)5-2)14-8-6-13(19)7-9-14/h6-10,12,17,23H,4-5,11H2,1-3H3,(H,20,24). The van der Waals surface area contributed by atoms with E-state index in [1.165, 1.54) is 18.3 Å². The Morgan fingerprint density at radius 1 is 1.33 bits per heavy atom. The van der Waals surface area contributed by atoms with Crippen LogP contribution in [0.4, 0.5) is 4.39 Å². The highest BCUT2D eigenvalue weighted by atomic mass is 19.1. The molecule has 1 aromatic carbocycles. The Bertz CT molecular complexity index is 682. The van der Waals surface area contributed by atoms with Gasteiger partial charge in [0.15, 0.2) is 0 Å². The van der Waals surface area contributed by atoms with Crippen LogP contribution >= 0.6 is 0 Å². The maximum atomic E-state index is 13.1. The highest BCUT2D eigenvalue weighted by Crippen LogP contribution is 2.16. The number of aliphatic hydroxyl groups excluding tert-OH is 1. The second-order valence-corrected chi connectivity index (χ2v) is 5.91. The smallest absolute Gasteiger partial charge is 0.254 e. The minimum atomic E-state index is -0.573. The molecule has 1 heterocycles. The van der Waals surface area contributed by atoms with Crippen molar-refractivity contribution >= 4 is 5.91 Å². The fourth-order valence-corrected chi connectivity index (χ4v) is 2.47. The highest BCUT2D eigenvalue weighted by molar-refractivity contribution is 5.95. The van der Waals surface area contributed by atoms with Crippen LogP contribution in [0.2, 0.25) is 0 Å². The van der Waals surface area contributed by atoms with Gasteiger partial charge in [0.1, 0.15) is 5.82 Å². The number of carbonyl (C=O) groups excluding carboxylic acids is 1. The van der Waals surface area contributed by atoms with E-state index in [1.54, 1.807) is 16.8 Å². The molecule has 1 amide bonds. The number of aromatic nitrogens is 2. The number of nitrogens with one attached hydrogen (secondary N) is 1. The summed E-state index contributed by atoms with van der Waals surface area (Å²) in [6.45, 7) is 6.08. The van der Waals surface area contributed by atoms with Crippen LogP contribution in [0.15, 0.2) is 30.5 Å². The Labute approximate surface area is 141 Å². The van der Waals surface area contributed by atoms with Crippen LogP contribution in [0.1, 0.15) is 43.2 Å². The SMILES string of the molecule is CCc1c(C(=O)NCC(O)C(C)CC)cnn1-c1ccc(F)cc1. The Kier molecular flexibility index (Phi) is 6.09. The molecule has 130 valence electrons. The van der Waals surface area contributed by atoms with E-state index >= 15 is 0 Å². The van der Waals surface area contributed by atoms with Crippen LogP contribution in [0.25, 0.3) is 5.69 Å². The summed E-state index contributed by atoms with van der Waals surface area (Å²) in [7, 11) is 0. The summed E-state index contributed by atoms with van der Waals surface area (Å²) < 4.78 is 14.7. The average molecular weight is 333 g/mol. The van der Waals surface area contributed by atoms with Crippen molar-refractivity contribution in [2.75, 3.05) is 6.54 Å². The van der Waals surface area contributed by atoms with Crippen LogP contribution in [-0.4, -0.2) is 33.4 Å². The monoisotopic (exact) mass is 333 g/mol. The van der Waals surface area contributed by atoms with Gasteiger partial charge < -0.3 is 10.4 Å². The van der Waals surface area contributed by atoms with Crippen LogP contribution in [0.5, 0.6) is 0 Å². The van der Waals surface area contributed by atoms with Gasteiger partial charge in [0.2, 0.25) is 0 Å². The van der Waals surface area contributed by atoms with Gasteiger partial charge in [-0.2, -0.15) is 5.10 Å². The molecule has 0 saturated heterocycles. The third-order valence-electron chi connectivity index (χ3n) is 4.29. The van der Waals surface area contributed by atoms with Gasteiger partial charge in [-0.15, -0.1) is 0 Å². The molecule has 24 heavy (non-hydrogen) atoms. The predicted molar refractivity (Wildman–Crippen MR) is 90.7 cm³/mol. The Hall–Kier alpha value is -2.21. The molecule has 0 aliphatic rings. The Morgan fingerprint density at radius 3 is 2.58 bits per heavy atom. The first-order valence-electron chi connectivity index (χ1n) is 8.27. The van der Waals surface area contributed by atoms with Gasteiger partial charge in [-0.25, -0.2) is 9.07 Å². The molecule has 0 aliphatic carbocycles. The number of carbonyl (C=O) groups is 1. The quantitative estimate of drug-likeness (QED) is 0.819. The number of rotatable bonds is 7. The number of aliphatic hydroxyl groups is 1. The topological polar surface area (TPSA) is 67.2 Å². The summed E-state index contributed by atoms with van der Waals surface area (Å²) in [4.78, 5) is 12.4. The molecule has 2 N–H and O–H groups in total. The lowest BCUT2D eigenvalue weighted by Crippen LogP contribution is -2.35. The first-order chi connectivity index (χ1) is 11.5. The van der Waals surface area contributed by atoms with Gasteiger partial charge in [0, 0.05) is 6.54 Å². The number of amides is 1. The third-order valence-corrected chi connectivity index (χ3v) is 4.29. The van der Waals surface area contributed by atoms with E-state index in [1.807, 2.05) is 20.8 Å². The molecule has 0 radical (unpaired) electrons. The molecule has 0 aliphatic heterocycles. The summed E-state index contributed by atoms with van der Waals surface area (Å²) >= 11 is 0. The second kappa shape index (κ2) is 8.06. The van der Waals surface area contributed by atoms with E-state index in [9.17, 15) is 14.3 Å². The normalized spacial score (nSPS) is 13.5. The summed E-state index contributed by atoms with van der Waals surface area (Å²) in [5.41, 5.74) is 1.92. The van der Waals surface area contributed by atoms with Crippen LogP contribution in [-0.2, 0) is 6.42 Å². The molecule has 1 aromatic heterocycles. The summed E-state index contributed by atoms with van der Waals surface area (Å²) in [6, 6.07) is 5.96. The Morgan fingerprint density at radius 2 is 2.00 bits per heavy atom. The van der Waals surface area contributed by atoms with Gasteiger partial charge in [-0.1, -0.05) is 27.2 Å². The van der Waals surface area contributed by atoms with Gasteiger partial charge in [-0.05, 0) is 36.6 Å². The van der Waals surface area contributed by atoms with Gasteiger partial charge in [0.05, 0.1) is 29.2 Å². The van der Waals surface area contributed by atoms with Crippen molar-refractivity contribution < 1.29 is 14.3 Å². The lowest BCUT2D eigenvalue weighted by atomic mass is 10.0. The fraction of sp³-hybridized carbons (Fsp3) is 0.444. The number of halogens is 1. The number of benzene rings is 1. The predicted octanol–water partition coefficient (Wildman–Crippen LogP) is 2.71. The van der Waals surface area contributed by atoms with Crippen molar-refractivity contribution in [1.82, 2.24) is 15.1 Å². The lowest BCUT2D eigenvalue weighted by Gasteiger charge is -2.17. The van der Waals surface area contributed by atoms with E-state index in [2.05, 4.69) is 10.4 Å². The highest BCUT2D eigenvalue weighted by Gasteiger charge is 2.19. The largest absolute Gasteiger partial charge is 0.391 e. The van der Waals surface area contributed by atoms with Crippen molar-refractivity contribution in [3.8, 4) is 5.69 Å². The molecule has 2 aromatic rings. The van der Waals surface area contributed by atoms with Crippen LogP contribution in [0.3, 0.4) is 0 Å². The van der Waals surface area contributed by atoms with Gasteiger partial charge >= 0.3 is 0 Å². The van der Waals surface area contributed by atoms with Crippen molar-refractivity contribution in [2.24, 2.45) is 5.92 Å². The molecule has 0 bridgehead atoms. The second-order valence-electron chi connectivity index (χ2n) is 5.91. The Balaban J connectivity index is 2.16. The molecule has 5 nitrogen and oxygen atoms in total. The van der Waals surface area contributed by atoms with Crippen LogP contribution in [0, 0.1) is 11.7 Å². The zero-order chi connectivity index (χ0) is 17.7. The average Bonchev–Trinajstić information content (AvgIpc) is 3.03. The maximum Gasteiger partial charge on any atom is 0.254 e. The molecule has 6 heteroatoms. The van der Waals surface area contributed by atoms with Crippen LogP contribution < -0.4 is 5.32 Å². The minimum Gasteiger partial charge on any atom is -0.391 e. The van der Waals surface area contributed by atoms with E-state index in [-0.39, 0.29) is 24.2 Å². The van der Waals surface area contributed by atoms with Crippen molar-refractivity contribution in [2.45, 2.75) is 39.7 Å². The maximum absolute atomic E-state index is 13.1. The summed E-state index contributed by atoms with van der Waals surface area (Å²) in [5, 5.41) is 17.0. The van der Waals surface area contributed by atoms with Crippen molar-refractivity contribution in [3.63, 3.8) is 0 Å². The third kappa shape index (κ3) is 4.00. The molecular weight excluding hydrogens is 309 g/mol. The van der Waals surface area contributed by atoms with Crippen molar-refractivity contribution in [1.29, 1.82) is 0 Å². The number of hydrogen-bond donors (Lipinski definition) is 2. The molecule has 0 saturated carbocycles. The zero-order valence-corrected chi connectivity index (χ0v) is 14.3. The molecule has 2 atom stereocenters. The molecule has 0 spiro atoms. The molecular formula is C18H24FN3O2. The zero-order valence-electron chi connectivity index (χ0n) is 14.3. The van der Waals surface area contributed by atoms with E-state index < -0.39 is 6.10 Å². The molecule has 2 unspecified atom stereocenters. The number of nitrogens with zero attached hydrogens (tertiary/aromatic N) is 2. The lowest BCUT2D eigenvalue weighted by molar-refractivity contribution is 0.0849. The van der Waals surface area contributed by atoms with Crippen molar-refractivity contribution in [3.05, 3.63) is 47.5 Å². The van der Waals surface area contributed by atoms with Gasteiger partial charge in [0.25, 0.3) is 5.91 Å². The van der Waals surface area contributed by atoms with E-state index in [0.29, 0.717) is 17.7 Å².